The van der Waals surface area contributed by atoms with Crippen molar-refractivity contribution in [1.29, 1.82) is 0 Å². The lowest BCUT2D eigenvalue weighted by Gasteiger charge is -2.28. The monoisotopic (exact) mass is 320 g/mol. The Labute approximate surface area is 138 Å². The largest absolute Gasteiger partial charge is 0.467 e. The van der Waals surface area contributed by atoms with Gasteiger partial charge in [0.1, 0.15) is 11.9 Å². The van der Waals surface area contributed by atoms with Crippen LogP contribution in [-0.2, 0) is 4.79 Å². The molecular weight excluding hydrogens is 292 g/mol. The number of hydrogen-bond acceptors (Lipinski definition) is 4. The van der Waals surface area contributed by atoms with Gasteiger partial charge in [-0.25, -0.2) is 0 Å². The Morgan fingerprint density at radius 2 is 2.00 bits per heavy atom. The first kappa shape index (κ1) is 16.5. The van der Waals surface area contributed by atoms with Gasteiger partial charge in [-0.3, -0.25) is 9.69 Å². The first-order chi connectivity index (χ1) is 11.2. The standard InChI is InChI=1S/C18H28N2O3/c21-16(17-8-6-12-23-17)13-15-7-5-11-20(15)14-18(22)19-9-3-1-2-4-10-19/h6,8,12,15-16,21H,1-5,7,9-11,13-14H2. The van der Waals surface area contributed by atoms with Crippen LogP contribution in [0.5, 0.6) is 0 Å². The fourth-order valence-electron chi connectivity index (χ4n) is 3.82. The summed E-state index contributed by atoms with van der Waals surface area (Å²) in [5.41, 5.74) is 0. The number of furan rings is 1. The molecule has 1 N–H and O–H groups in total. The maximum atomic E-state index is 12.6. The van der Waals surface area contributed by atoms with E-state index in [1.807, 2.05) is 11.0 Å². The van der Waals surface area contributed by atoms with Crippen LogP contribution in [0.1, 0.15) is 56.8 Å². The van der Waals surface area contributed by atoms with Crippen molar-refractivity contribution in [3.63, 3.8) is 0 Å². The van der Waals surface area contributed by atoms with Crippen LogP contribution in [0.15, 0.2) is 22.8 Å². The van der Waals surface area contributed by atoms with Crippen molar-refractivity contribution < 1.29 is 14.3 Å². The number of nitrogens with zero attached hydrogens (tertiary/aromatic N) is 2. The summed E-state index contributed by atoms with van der Waals surface area (Å²) in [5, 5.41) is 10.3. The van der Waals surface area contributed by atoms with Crippen LogP contribution in [0.3, 0.4) is 0 Å². The summed E-state index contributed by atoms with van der Waals surface area (Å²) >= 11 is 0. The van der Waals surface area contributed by atoms with Crippen LogP contribution in [0.25, 0.3) is 0 Å². The Bertz CT molecular complexity index is 480. The van der Waals surface area contributed by atoms with E-state index in [0.717, 1.165) is 45.3 Å². The Morgan fingerprint density at radius 3 is 2.70 bits per heavy atom. The van der Waals surface area contributed by atoms with Crippen LogP contribution in [0.4, 0.5) is 0 Å². The minimum atomic E-state index is -0.580. The topological polar surface area (TPSA) is 56.9 Å². The molecule has 2 aliphatic rings. The van der Waals surface area contributed by atoms with E-state index in [4.69, 9.17) is 4.42 Å². The first-order valence-corrected chi connectivity index (χ1v) is 8.97. The number of rotatable bonds is 5. The van der Waals surface area contributed by atoms with E-state index in [9.17, 15) is 9.90 Å². The maximum Gasteiger partial charge on any atom is 0.236 e. The highest BCUT2D eigenvalue weighted by Crippen LogP contribution is 2.27. The SMILES string of the molecule is O=C(CN1CCCC1CC(O)c1ccco1)N1CCCCCC1. The van der Waals surface area contributed by atoms with Crippen molar-refractivity contribution in [3.8, 4) is 0 Å². The molecular formula is C18H28N2O3. The molecule has 1 aromatic rings. The summed E-state index contributed by atoms with van der Waals surface area (Å²) in [5.74, 6) is 0.877. The third-order valence-electron chi connectivity index (χ3n) is 5.16. The van der Waals surface area contributed by atoms with Gasteiger partial charge in [-0.2, -0.15) is 0 Å². The van der Waals surface area contributed by atoms with Gasteiger partial charge in [0.2, 0.25) is 5.91 Å². The van der Waals surface area contributed by atoms with Gasteiger partial charge in [-0.05, 0) is 50.8 Å². The fourth-order valence-corrected chi connectivity index (χ4v) is 3.82. The summed E-state index contributed by atoms with van der Waals surface area (Å²) < 4.78 is 5.29. The van der Waals surface area contributed by atoms with E-state index in [1.165, 1.54) is 12.8 Å². The number of aliphatic hydroxyl groups is 1. The van der Waals surface area contributed by atoms with Crippen LogP contribution in [-0.4, -0.2) is 53.0 Å². The zero-order chi connectivity index (χ0) is 16.1. The lowest BCUT2D eigenvalue weighted by Crippen LogP contribution is -2.43. The predicted octanol–water partition coefficient (Wildman–Crippen LogP) is 2.57. The average molecular weight is 320 g/mol. The van der Waals surface area contributed by atoms with Gasteiger partial charge in [-0.1, -0.05) is 12.8 Å². The molecule has 0 radical (unpaired) electrons. The smallest absolute Gasteiger partial charge is 0.236 e. The van der Waals surface area contributed by atoms with E-state index >= 15 is 0 Å². The zero-order valence-electron chi connectivity index (χ0n) is 13.8. The zero-order valence-corrected chi connectivity index (χ0v) is 13.8. The molecule has 0 aromatic carbocycles. The maximum absolute atomic E-state index is 12.6. The molecule has 23 heavy (non-hydrogen) atoms. The molecule has 2 saturated heterocycles. The van der Waals surface area contributed by atoms with Crippen LogP contribution in [0, 0.1) is 0 Å². The molecule has 128 valence electrons. The highest BCUT2D eigenvalue weighted by molar-refractivity contribution is 5.78. The minimum Gasteiger partial charge on any atom is -0.467 e. The molecule has 5 heteroatoms. The molecule has 3 heterocycles. The van der Waals surface area contributed by atoms with Crippen molar-refractivity contribution in [2.45, 2.75) is 57.1 Å². The Kier molecular flexibility index (Phi) is 5.73. The van der Waals surface area contributed by atoms with Crippen molar-refractivity contribution >= 4 is 5.91 Å². The van der Waals surface area contributed by atoms with E-state index < -0.39 is 6.10 Å². The van der Waals surface area contributed by atoms with Crippen LogP contribution >= 0.6 is 0 Å². The van der Waals surface area contributed by atoms with E-state index in [0.29, 0.717) is 18.7 Å². The Hall–Kier alpha value is -1.33. The van der Waals surface area contributed by atoms with Gasteiger partial charge in [0.25, 0.3) is 0 Å². The van der Waals surface area contributed by atoms with Crippen molar-refractivity contribution in [2.75, 3.05) is 26.2 Å². The number of hydrogen-bond donors (Lipinski definition) is 1. The molecule has 0 saturated carbocycles. The molecule has 5 nitrogen and oxygen atoms in total. The number of aliphatic hydroxyl groups excluding tert-OH is 1. The van der Waals surface area contributed by atoms with E-state index in [1.54, 1.807) is 12.3 Å². The second kappa shape index (κ2) is 7.97. The number of likely N-dealkylation sites (tertiary alicyclic amines) is 2. The highest BCUT2D eigenvalue weighted by atomic mass is 16.4. The summed E-state index contributed by atoms with van der Waals surface area (Å²) in [6.45, 7) is 3.27. The van der Waals surface area contributed by atoms with Crippen molar-refractivity contribution in [1.82, 2.24) is 9.80 Å². The Morgan fingerprint density at radius 1 is 1.22 bits per heavy atom. The van der Waals surface area contributed by atoms with E-state index in [-0.39, 0.29) is 11.9 Å². The van der Waals surface area contributed by atoms with Gasteiger partial charge in [0.05, 0.1) is 12.8 Å². The normalized spacial score (nSPS) is 24.6. The molecule has 0 aliphatic carbocycles. The highest BCUT2D eigenvalue weighted by Gasteiger charge is 2.30. The molecule has 2 fully saturated rings. The lowest BCUT2D eigenvalue weighted by atomic mass is 10.1. The quantitative estimate of drug-likeness (QED) is 0.906. The van der Waals surface area contributed by atoms with Gasteiger partial charge < -0.3 is 14.4 Å². The molecule has 2 aliphatic heterocycles. The van der Waals surface area contributed by atoms with Gasteiger partial charge >= 0.3 is 0 Å². The number of carbonyl (C=O) groups is 1. The van der Waals surface area contributed by atoms with Gasteiger partial charge in [0, 0.05) is 19.1 Å². The van der Waals surface area contributed by atoms with E-state index in [2.05, 4.69) is 4.90 Å². The molecule has 2 unspecified atom stereocenters. The molecule has 0 bridgehead atoms. The fraction of sp³-hybridized carbons (Fsp3) is 0.722. The summed E-state index contributed by atoms with van der Waals surface area (Å²) in [4.78, 5) is 16.9. The van der Waals surface area contributed by atoms with Gasteiger partial charge in [-0.15, -0.1) is 0 Å². The molecule has 3 rings (SSSR count). The summed E-state index contributed by atoms with van der Waals surface area (Å²) in [7, 11) is 0. The van der Waals surface area contributed by atoms with Gasteiger partial charge in [0.15, 0.2) is 0 Å². The van der Waals surface area contributed by atoms with Crippen LogP contribution < -0.4 is 0 Å². The third-order valence-corrected chi connectivity index (χ3v) is 5.16. The summed E-state index contributed by atoms with van der Waals surface area (Å²) in [6.07, 6.45) is 8.54. The Balaban J connectivity index is 1.53. The number of carbonyl (C=O) groups excluding carboxylic acids is 1. The molecule has 1 aromatic heterocycles. The number of amides is 1. The third kappa shape index (κ3) is 4.36. The molecule has 1 amide bonds. The predicted molar refractivity (Wildman–Crippen MR) is 87.9 cm³/mol. The molecule has 2 atom stereocenters. The van der Waals surface area contributed by atoms with Crippen LogP contribution in [0.2, 0.25) is 0 Å². The second-order valence-electron chi connectivity index (χ2n) is 6.83. The van der Waals surface area contributed by atoms with Crippen molar-refractivity contribution in [2.24, 2.45) is 0 Å². The second-order valence-corrected chi connectivity index (χ2v) is 6.83. The minimum absolute atomic E-state index is 0.256. The van der Waals surface area contributed by atoms with Crippen molar-refractivity contribution in [3.05, 3.63) is 24.2 Å². The first-order valence-electron chi connectivity index (χ1n) is 8.97. The lowest BCUT2D eigenvalue weighted by molar-refractivity contribution is -0.132. The summed E-state index contributed by atoms with van der Waals surface area (Å²) in [6, 6.07) is 3.88. The average Bonchev–Trinajstić information content (AvgIpc) is 3.14. The molecule has 0 spiro atoms.